The minimum Gasteiger partial charge on any atom is -0.506 e. The molecule has 0 aliphatic rings. The number of aliphatic hydroxyl groups is 1. The molecule has 4 heteroatoms. The molecule has 0 aromatic heterocycles. The van der Waals surface area contributed by atoms with Crippen LogP contribution in [0.15, 0.2) is 12.1 Å². The quantitative estimate of drug-likeness (QED) is 0.738. The van der Waals surface area contributed by atoms with Crippen molar-refractivity contribution in [3.63, 3.8) is 0 Å². The van der Waals surface area contributed by atoms with Gasteiger partial charge in [0.25, 0.3) is 0 Å². The van der Waals surface area contributed by atoms with Gasteiger partial charge in [0.15, 0.2) is 5.82 Å². The molecule has 2 N–H and O–H groups in total. The fourth-order valence-corrected chi connectivity index (χ4v) is 1.18. The fourth-order valence-electron chi connectivity index (χ4n) is 1.01. The van der Waals surface area contributed by atoms with Crippen molar-refractivity contribution in [2.45, 2.75) is 19.4 Å². The number of benzene rings is 1. The van der Waals surface area contributed by atoms with E-state index in [0.29, 0.717) is 0 Å². The Bertz CT molecular complexity index is 331. The van der Waals surface area contributed by atoms with E-state index >= 15 is 0 Å². The van der Waals surface area contributed by atoms with Gasteiger partial charge < -0.3 is 10.2 Å². The van der Waals surface area contributed by atoms with Crippen LogP contribution in [0.4, 0.5) is 4.39 Å². The van der Waals surface area contributed by atoms with Crippen LogP contribution < -0.4 is 0 Å². The molecule has 1 rings (SSSR count). The predicted octanol–water partition coefficient (Wildman–Crippen LogP) is 2.41. The summed E-state index contributed by atoms with van der Waals surface area (Å²) in [5.41, 5.74) is -1.24. The van der Waals surface area contributed by atoms with Crippen LogP contribution in [0.25, 0.3) is 0 Å². The Balaban J connectivity index is 3.35. The van der Waals surface area contributed by atoms with Gasteiger partial charge in [-0.25, -0.2) is 4.39 Å². The Labute approximate surface area is 80.6 Å². The van der Waals surface area contributed by atoms with Gasteiger partial charge in [0.1, 0.15) is 10.8 Å². The van der Waals surface area contributed by atoms with E-state index in [-0.39, 0.29) is 16.3 Å². The van der Waals surface area contributed by atoms with Crippen LogP contribution in [-0.4, -0.2) is 10.2 Å². The Morgan fingerprint density at radius 3 is 2.38 bits per heavy atom. The highest BCUT2D eigenvalue weighted by Gasteiger charge is 2.23. The first-order valence-electron chi connectivity index (χ1n) is 3.74. The highest BCUT2D eigenvalue weighted by atomic mass is 35.5. The number of hydrogen-bond acceptors (Lipinski definition) is 2. The molecule has 0 saturated carbocycles. The molecule has 0 fully saturated rings. The minimum atomic E-state index is -1.30. The van der Waals surface area contributed by atoms with Crippen molar-refractivity contribution in [2.24, 2.45) is 0 Å². The van der Waals surface area contributed by atoms with Crippen LogP contribution in [0.2, 0.25) is 5.02 Å². The summed E-state index contributed by atoms with van der Waals surface area (Å²) in [6.45, 7) is 2.89. The van der Waals surface area contributed by atoms with Gasteiger partial charge >= 0.3 is 0 Å². The number of hydrogen-bond donors (Lipinski definition) is 2. The molecule has 0 radical (unpaired) electrons. The van der Waals surface area contributed by atoms with Crippen molar-refractivity contribution in [1.29, 1.82) is 0 Å². The zero-order valence-electron chi connectivity index (χ0n) is 7.31. The Morgan fingerprint density at radius 1 is 1.38 bits per heavy atom. The summed E-state index contributed by atoms with van der Waals surface area (Å²) >= 11 is 5.45. The van der Waals surface area contributed by atoms with Crippen LogP contribution in [0.1, 0.15) is 19.4 Å². The van der Waals surface area contributed by atoms with Crippen LogP contribution in [0.3, 0.4) is 0 Å². The highest BCUT2D eigenvalue weighted by molar-refractivity contribution is 6.32. The zero-order chi connectivity index (χ0) is 10.2. The molecule has 2 nitrogen and oxygen atoms in total. The van der Waals surface area contributed by atoms with Crippen molar-refractivity contribution in [1.82, 2.24) is 0 Å². The van der Waals surface area contributed by atoms with Gasteiger partial charge in [0, 0.05) is 5.56 Å². The van der Waals surface area contributed by atoms with Gasteiger partial charge in [-0.1, -0.05) is 11.6 Å². The topological polar surface area (TPSA) is 40.5 Å². The maximum atomic E-state index is 13.3. The molecular weight excluding hydrogens is 195 g/mol. The van der Waals surface area contributed by atoms with Gasteiger partial charge in [0.2, 0.25) is 0 Å². The first-order valence-corrected chi connectivity index (χ1v) is 4.11. The van der Waals surface area contributed by atoms with Crippen molar-refractivity contribution in [2.75, 3.05) is 0 Å². The van der Waals surface area contributed by atoms with E-state index in [2.05, 4.69) is 0 Å². The first kappa shape index (κ1) is 10.3. The Kier molecular flexibility index (Phi) is 2.50. The molecule has 0 saturated heterocycles. The lowest BCUT2D eigenvalue weighted by Crippen LogP contribution is -2.17. The summed E-state index contributed by atoms with van der Waals surface area (Å²) < 4.78 is 13.3. The van der Waals surface area contributed by atoms with Crippen LogP contribution in [-0.2, 0) is 5.60 Å². The summed E-state index contributed by atoms with van der Waals surface area (Å²) in [7, 11) is 0. The number of rotatable bonds is 1. The molecule has 0 aliphatic carbocycles. The molecule has 72 valence electrons. The van der Waals surface area contributed by atoms with Crippen LogP contribution in [0, 0.1) is 5.82 Å². The number of halogens is 2. The summed E-state index contributed by atoms with van der Waals surface area (Å²) in [6, 6.07) is 2.55. The van der Waals surface area contributed by atoms with Crippen LogP contribution in [0.5, 0.6) is 5.75 Å². The smallest absolute Gasteiger partial charge is 0.151 e. The number of aromatic hydroxyl groups is 1. The second-order valence-corrected chi connectivity index (χ2v) is 3.70. The van der Waals surface area contributed by atoms with Crippen molar-refractivity contribution < 1.29 is 14.6 Å². The molecule has 0 spiro atoms. The first-order chi connectivity index (χ1) is 5.84. The summed E-state index contributed by atoms with van der Waals surface area (Å²) in [5, 5.41) is 18.2. The van der Waals surface area contributed by atoms with E-state index in [1.165, 1.54) is 26.0 Å². The van der Waals surface area contributed by atoms with E-state index in [0.717, 1.165) is 0 Å². The molecule has 1 aromatic carbocycles. The summed E-state index contributed by atoms with van der Waals surface area (Å²) in [5.74, 6) is -1.11. The average Bonchev–Trinajstić information content (AvgIpc) is 1.98. The Morgan fingerprint density at radius 2 is 1.92 bits per heavy atom. The molecule has 0 amide bonds. The average molecular weight is 205 g/mol. The summed E-state index contributed by atoms with van der Waals surface area (Å²) in [6.07, 6.45) is 0. The van der Waals surface area contributed by atoms with Gasteiger partial charge in [0.05, 0.1) is 5.60 Å². The van der Waals surface area contributed by atoms with Gasteiger partial charge in [-0.3, -0.25) is 0 Å². The molecule has 0 aliphatic heterocycles. The van der Waals surface area contributed by atoms with E-state index in [4.69, 9.17) is 16.7 Å². The van der Waals surface area contributed by atoms with E-state index in [1.54, 1.807) is 0 Å². The third-order valence-electron chi connectivity index (χ3n) is 1.72. The van der Waals surface area contributed by atoms with Crippen molar-refractivity contribution in [3.05, 3.63) is 28.5 Å². The third-order valence-corrected chi connectivity index (χ3v) is 2.08. The lowest BCUT2D eigenvalue weighted by Gasteiger charge is -2.19. The molecule has 0 bridgehead atoms. The molecule has 0 unspecified atom stereocenters. The van der Waals surface area contributed by atoms with Gasteiger partial charge in [-0.2, -0.15) is 0 Å². The van der Waals surface area contributed by atoms with E-state index < -0.39 is 11.4 Å². The number of phenolic OH excluding ortho intramolecular Hbond substituents is 1. The van der Waals surface area contributed by atoms with Crippen LogP contribution >= 0.6 is 11.6 Å². The largest absolute Gasteiger partial charge is 0.506 e. The molecule has 1 aromatic rings. The lowest BCUT2D eigenvalue weighted by molar-refractivity contribution is 0.0745. The standard InChI is InChI=1S/C9H10ClFO2/c1-9(2,13)5-3-4-6(12)7(10)8(5)11/h3-4,12-13H,1-2H3. The fraction of sp³-hybridized carbons (Fsp3) is 0.333. The van der Waals surface area contributed by atoms with E-state index in [1.807, 2.05) is 0 Å². The third kappa shape index (κ3) is 1.92. The molecular formula is C9H10ClFO2. The second kappa shape index (κ2) is 3.16. The van der Waals surface area contributed by atoms with E-state index in [9.17, 15) is 9.50 Å². The predicted molar refractivity (Wildman–Crippen MR) is 48.3 cm³/mol. The normalized spacial score (nSPS) is 11.8. The zero-order valence-corrected chi connectivity index (χ0v) is 8.06. The van der Waals surface area contributed by atoms with Crippen molar-refractivity contribution >= 4 is 11.6 Å². The van der Waals surface area contributed by atoms with Gasteiger partial charge in [-0.05, 0) is 26.0 Å². The molecule has 13 heavy (non-hydrogen) atoms. The SMILES string of the molecule is CC(C)(O)c1ccc(O)c(Cl)c1F. The highest BCUT2D eigenvalue weighted by Crippen LogP contribution is 2.32. The lowest BCUT2D eigenvalue weighted by atomic mass is 9.98. The maximum absolute atomic E-state index is 13.3. The molecule has 0 heterocycles. The Hall–Kier alpha value is -0.800. The second-order valence-electron chi connectivity index (χ2n) is 3.32. The maximum Gasteiger partial charge on any atom is 0.151 e. The van der Waals surface area contributed by atoms with Crippen molar-refractivity contribution in [3.8, 4) is 5.75 Å². The molecule has 0 atom stereocenters. The monoisotopic (exact) mass is 204 g/mol. The summed E-state index contributed by atoms with van der Waals surface area (Å²) in [4.78, 5) is 0. The number of phenols is 1. The van der Waals surface area contributed by atoms with Gasteiger partial charge in [-0.15, -0.1) is 0 Å². The minimum absolute atomic E-state index is 0.0651.